The van der Waals surface area contributed by atoms with E-state index in [0.29, 0.717) is 0 Å². The summed E-state index contributed by atoms with van der Waals surface area (Å²) in [6.07, 6.45) is -7.81. The van der Waals surface area contributed by atoms with Gasteiger partial charge in [-0.05, 0) is 0 Å². The molecular formula is C20H26N4NaO11PSe. The first-order valence-corrected chi connectivity index (χ1v) is 16.2. The van der Waals surface area contributed by atoms with Crippen LogP contribution < -0.4 is 56.9 Å². The number of aryl methyl sites for hydroxylation is 2. The Morgan fingerprint density at radius 2 is 1.53 bits per heavy atom. The van der Waals surface area contributed by atoms with Crippen LogP contribution in [0.25, 0.3) is 0 Å². The molecule has 0 amide bonds. The maximum atomic E-state index is 12.8. The van der Waals surface area contributed by atoms with Crippen molar-refractivity contribution < 1.29 is 63.2 Å². The smallest absolute Gasteiger partial charge is 1.00 e. The van der Waals surface area contributed by atoms with E-state index in [-0.39, 0.29) is 58.8 Å². The molecule has 0 radical (unpaired) electrons. The van der Waals surface area contributed by atoms with Crippen molar-refractivity contribution in [3.63, 3.8) is 0 Å². The van der Waals surface area contributed by atoms with Crippen LogP contribution in [0.2, 0.25) is 5.32 Å². The van der Waals surface area contributed by atoms with E-state index in [0.717, 1.165) is 9.13 Å². The third-order valence-electron chi connectivity index (χ3n) is 6.14. The molecule has 2 aromatic heterocycles. The predicted octanol–water partition coefficient (Wildman–Crippen LogP) is -5.39. The zero-order chi connectivity index (χ0) is 27.1. The summed E-state index contributed by atoms with van der Waals surface area (Å²) in [5, 5.41) is 20.0. The molecule has 2 aliphatic heterocycles. The summed E-state index contributed by atoms with van der Waals surface area (Å²) in [6.45, 7) is 2.44. The first-order chi connectivity index (χ1) is 17.4. The molecule has 0 aromatic carbocycles. The van der Waals surface area contributed by atoms with Gasteiger partial charge in [0.25, 0.3) is 0 Å². The van der Waals surface area contributed by atoms with Crippen LogP contribution in [0.15, 0.2) is 31.6 Å². The molecule has 0 aliphatic carbocycles. The van der Waals surface area contributed by atoms with Gasteiger partial charge in [0.2, 0.25) is 0 Å². The van der Waals surface area contributed by atoms with Crippen LogP contribution >= 0.6 is 6.29 Å². The minimum Gasteiger partial charge on any atom is 1.00 e. The van der Waals surface area contributed by atoms with Gasteiger partial charge >= 0.3 is 244 Å². The minimum absolute atomic E-state index is 0. The number of rotatable bonds is 8. The van der Waals surface area contributed by atoms with Crippen molar-refractivity contribution in [2.24, 2.45) is 0 Å². The molecule has 2 aliphatic rings. The van der Waals surface area contributed by atoms with Crippen molar-refractivity contribution in [3.05, 3.63) is 65.2 Å². The van der Waals surface area contributed by atoms with Gasteiger partial charge < -0.3 is 0 Å². The van der Waals surface area contributed by atoms with E-state index in [1.807, 2.05) is 0 Å². The Morgan fingerprint density at radius 1 is 1.03 bits per heavy atom. The van der Waals surface area contributed by atoms with Gasteiger partial charge in [0.1, 0.15) is 0 Å². The number of aliphatic hydroxyl groups excluding tert-OH is 2. The van der Waals surface area contributed by atoms with Crippen molar-refractivity contribution >= 4 is 20.8 Å². The van der Waals surface area contributed by atoms with Crippen LogP contribution in [0, 0.1) is 13.8 Å². The van der Waals surface area contributed by atoms with E-state index in [9.17, 15) is 38.8 Å². The van der Waals surface area contributed by atoms with Crippen LogP contribution in [0.4, 0.5) is 0 Å². The summed E-state index contributed by atoms with van der Waals surface area (Å²) in [7, 11) is 0. The van der Waals surface area contributed by atoms with Crippen molar-refractivity contribution in [2.45, 2.75) is 68.9 Å². The van der Waals surface area contributed by atoms with Crippen LogP contribution in [-0.4, -0.2) is 74.9 Å². The van der Waals surface area contributed by atoms with E-state index in [1.54, 1.807) is 0 Å². The first-order valence-electron chi connectivity index (χ1n) is 11.3. The zero-order valence-electron chi connectivity index (χ0n) is 20.8. The van der Waals surface area contributed by atoms with Crippen LogP contribution in [0.1, 0.15) is 36.4 Å². The van der Waals surface area contributed by atoms with E-state index < -0.39 is 86.8 Å². The molecular weight excluding hydrogens is 605 g/mol. The summed E-state index contributed by atoms with van der Waals surface area (Å²) < 4.78 is 31.6. The molecule has 2 fully saturated rings. The molecule has 2 aromatic rings. The molecule has 4 heterocycles. The van der Waals surface area contributed by atoms with Crippen molar-refractivity contribution in [3.8, 4) is 0 Å². The van der Waals surface area contributed by atoms with E-state index >= 15 is 0 Å². The number of hydrogen-bond donors (Lipinski definition) is 4. The normalized spacial score (nSPS) is 28.7. The number of H-pyrrole nitrogens is 2. The van der Waals surface area contributed by atoms with E-state index in [4.69, 9.17) is 14.0 Å². The molecule has 0 bridgehead atoms. The molecule has 38 heavy (non-hydrogen) atoms. The number of aromatic nitrogens is 4. The van der Waals surface area contributed by atoms with E-state index in [1.165, 1.54) is 26.2 Å². The fourth-order valence-electron chi connectivity index (χ4n) is 4.14. The predicted molar refractivity (Wildman–Crippen MR) is 125 cm³/mol. The molecule has 7 atom stereocenters. The monoisotopic (exact) mass is 632 g/mol. The zero-order valence-corrected chi connectivity index (χ0v) is 25.4. The summed E-state index contributed by atoms with van der Waals surface area (Å²) in [5.74, 6) is 0. The Labute approximate surface area is 242 Å². The third kappa shape index (κ3) is 6.95. The summed E-state index contributed by atoms with van der Waals surface area (Å²) in [6, 6.07) is 0. The number of ether oxygens (including phenoxy) is 2. The fraction of sp³-hybridized carbons (Fsp3) is 0.600. The molecule has 1 unspecified atom stereocenters. The second-order valence-corrected chi connectivity index (χ2v) is 15.3. The number of nitrogens with one attached hydrogen (secondary N) is 2. The quantitative estimate of drug-likeness (QED) is 0.159. The first kappa shape index (κ1) is 31.4. The van der Waals surface area contributed by atoms with Gasteiger partial charge in [-0.3, -0.25) is 0 Å². The Hall–Kier alpha value is -1.13. The van der Waals surface area contributed by atoms with E-state index in [2.05, 4.69) is 9.97 Å². The SMILES string of the molecule is Cc1cn([C@H]2C[C@H](OP(=O)([O-])[Se]C[C@H]3O[C@@H](n4cc(C)c(=O)[nH]c4=O)C[C@@H]3O)[C@@H](CO)O2)c(=O)[nH]c1=O.[Na+]. The molecule has 15 nitrogen and oxygen atoms in total. The largest absolute Gasteiger partial charge is 1.00 e. The molecule has 204 valence electrons. The minimum atomic E-state index is -4.47. The number of aromatic amines is 2. The van der Waals surface area contributed by atoms with Crippen molar-refractivity contribution in [2.75, 3.05) is 6.61 Å². The van der Waals surface area contributed by atoms with Gasteiger partial charge in [0, 0.05) is 0 Å². The molecule has 2 saturated heterocycles. The fourth-order valence-corrected chi connectivity index (χ4v) is 8.87. The average molecular weight is 631 g/mol. The molecule has 0 spiro atoms. The summed E-state index contributed by atoms with van der Waals surface area (Å²) in [5.41, 5.74) is -2.03. The van der Waals surface area contributed by atoms with Crippen LogP contribution in [0.3, 0.4) is 0 Å². The van der Waals surface area contributed by atoms with Gasteiger partial charge in [0.05, 0.1) is 0 Å². The maximum absolute atomic E-state index is 12.8. The van der Waals surface area contributed by atoms with Gasteiger partial charge in [-0.25, -0.2) is 0 Å². The van der Waals surface area contributed by atoms with Gasteiger partial charge in [-0.15, -0.1) is 0 Å². The number of hydrogen-bond acceptors (Lipinski definition) is 11. The Kier molecular flexibility index (Phi) is 10.4. The van der Waals surface area contributed by atoms with Crippen LogP contribution in [0.5, 0.6) is 0 Å². The van der Waals surface area contributed by atoms with Gasteiger partial charge in [-0.2, -0.15) is 0 Å². The Bertz CT molecular complexity index is 1440. The Balaban J connectivity index is 0.00000400. The van der Waals surface area contributed by atoms with Gasteiger partial charge in [0.15, 0.2) is 0 Å². The standard InChI is InChI=1S/C20H27N4O11PSe.Na/c1-9-5-23(19(29)21-17(9)27)15-3-11(26)14(34-15)8-37-36(31,32)35-12-4-16(33-13(12)7-25)24-6-10(2)18(28)22-20(24)30;/h5-6,11-16,25-26H,3-4,7-8H2,1-2H3,(H,31,32)(H,21,27,29)(H,22,28,30);/q;+1/p-1/t11-,12-,13+,14+,15+,16+;/m0./s1. The second kappa shape index (κ2) is 12.6. The van der Waals surface area contributed by atoms with Crippen molar-refractivity contribution in [1.29, 1.82) is 0 Å². The topological polar surface area (TPSA) is 218 Å². The number of nitrogens with zero attached hydrogens (tertiary/aromatic N) is 2. The molecule has 0 saturated carbocycles. The number of aliphatic hydroxyl groups is 2. The molecule has 4 N–H and O–H groups in total. The molecule has 18 heteroatoms. The van der Waals surface area contributed by atoms with Crippen LogP contribution in [-0.2, 0) is 18.6 Å². The maximum Gasteiger partial charge on any atom is 1.00 e. The molecule has 4 rings (SSSR count). The second-order valence-electron chi connectivity index (χ2n) is 8.82. The summed E-state index contributed by atoms with van der Waals surface area (Å²) >= 11 is -1.19. The summed E-state index contributed by atoms with van der Waals surface area (Å²) in [4.78, 5) is 64.5. The Morgan fingerprint density at radius 3 is 2.05 bits per heavy atom. The average Bonchev–Trinajstić information content (AvgIpc) is 3.39. The van der Waals surface area contributed by atoms with Crippen molar-refractivity contribution in [1.82, 2.24) is 19.1 Å². The van der Waals surface area contributed by atoms with Gasteiger partial charge in [-0.1, -0.05) is 0 Å². The third-order valence-corrected chi connectivity index (χ3v) is 11.3.